The Balaban J connectivity index is 4.23. The van der Waals surface area contributed by atoms with Crippen molar-refractivity contribution in [3.63, 3.8) is 0 Å². The van der Waals surface area contributed by atoms with E-state index in [4.69, 9.17) is 11.6 Å². The van der Waals surface area contributed by atoms with Gasteiger partial charge in [-0.25, -0.2) is 0 Å². The van der Waals surface area contributed by atoms with Gasteiger partial charge in [0.05, 0.1) is 0 Å². The molecule has 0 aliphatic carbocycles. The number of rotatable bonds is 3. The lowest BCUT2D eigenvalue weighted by Crippen LogP contribution is -2.18. The summed E-state index contributed by atoms with van der Waals surface area (Å²) in [6.45, 7) is 5.25. The van der Waals surface area contributed by atoms with E-state index in [0.717, 1.165) is 12.1 Å². The molecule has 0 aliphatic heterocycles. The van der Waals surface area contributed by atoms with Crippen LogP contribution in [0.3, 0.4) is 0 Å². The molecule has 12 heavy (non-hydrogen) atoms. The van der Waals surface area contributed by atoms with Crippen molar-refractivity contribution in [2.75, 3.05) is 0 Å². The van der Waals surface area contributed by atoms with Gasteiger partial charge < -0.3 is 5.32 Å². The van der Waals surface area contributed by atoms with Crippen molar-refractivity contribution < 1.29 is 4.79 Å². The lowest BCUT2D eigenvalue weighted by Gasteiger charge is -2.02. The van der Waals surface area contributed by atoms with E-state index in [9.17, 15) is 4.79 Å². The van der Waals surface area contributed by atoms with Crippen LogP contribution in [0.1, 0.15) is 27.2 Å². The molecule has 0 aromatic heterocycles. The van der Waals surface area contributed by atoms with Gasteiger partial charge in [-0.15, -0.1) is 0 Å². The van der Waals surface area contributed by atoms with Crippen LogP contribution in [0.2, 0.25) is 0 Å². The minimum absolute atomic E-state index is 0.0521. The first kappa shape index (κ1) is 11.2. The zero-order valence-electron chi connectivity index (χ0n) is 7.65. The summed E-state index contributed by atoms with van der Waals surface area (Å²) in [4.78, 5) is 10.7. The number of carbonyl (C=O) groups is 1. The van der Waals surface area contributed by atoms with Gasteiger partial charge in [0, 0.05) is 17.7 Å². The highest BCUT2D eigenvalue weighted by Gasteiger charge is 1.93. The normalized spacial score (nSPS) is 13.0. The number of nitrogens with one attached hydrogen (secondary N) is 1. The van der Waals surface area contributed by atoms with Crippen molar-refractivity contribution in [1.29, 1.82) is 0 Å². The van der Waals surface area contributed by atoms with Gasteiger partial charge in [0.15, 0.2) is 0 Å². The van der Waals surface area contributed by atoms with Crippen molar-refractivity contribution in [1.82, 2.24) is 5.32 Å². The zero-order valence-corrected chi connectivity index (χ0v) is 8.40. The molecule has 2 nitrogen and oxygen atoms in total. The van der Waals surface area contributed by atoms with Crippen molar-refractivity contribution >= 4 is 17.5 Å². The van der Waals surface area contributed by atoms with Crippen LogP contribution in [0.5, 0.6) is 0 Å². The Morgan fingerprint density at radius 2 is 2.00 bits per heavy atom. The van der Waals surface area contributed by atoms with Crippen LogP contribution in [0.25, 0.3) is 0 Å². The Labute approximate surface area is 78.3 Å². The Kier molecular flexibility index (Phi) is 5.47. The third kappa shape index (κ3) is 5.98. The monoisotopic (exact) mass is 187 g/mol. The van der Waals surface area contributed by atoms with Gasteiger partial charge in [-0.3, -0.25) is 4.79 Å². The molecule has 0 radical (unpaired) electrons. The lowest BCUT2D eigenvalue weighted by atomic mass is 10.3. The summed E-state index contributed by atoms with van der Waals surface area (Å²) in [6.07, 6.45) is 4.36. The summed E-state index contributed by atoms with van der Waals surface area (Å²) in [5, 5.41) is 3.40. The molecule has 0 aromatic carbocycles. The standard InChI is InChI=1S/C9H14ClNO/c1-4-9(11-8(3)12)6-5-7(2)10/h5-6H,4H2,1-3H3,(H,11,12)/b7-5+,9-6+. The summed E-state index contributed by atoms with van der Waals surface area (Å²) in [7, 11) is 0. The van der Waals surface area contributed by atoms with Gasteiger partial charge >= 0.3 is 0 Å². The van der Waals surface area contributed by atoms with Crippen LogP contribution in [-0.2, 0) is 4.79 Å². The number of allylic oxidation sites excluding steroid dienone is 4. The van der Waals surface area contributed by atoms with Crippen LogP contribution in [0.15, 0.2) is 22.9 Å². The molecule has 0 atom stereocenters. The average molecular weight is 188 g/mol. The molecule has 1 amide bonds. The molecule has 0 aromatic rings. The molecular formula is C9H14ClNO. The Bertz CT molecular complexity index is 215. The van der Waals surface area contributed by atoms with Crippen molar-refractivity contribution in [3.05, 3.63) is 22.9 Å². The Hall–Kier alpha value is -0.760. The van der Waals surface area contributed by atoms with Gasteiger partial charge in [0.25, 0.3) is 0 Å². The topological polar surface area (TPSA) is 29.1 Å². The number of hydrogen-bond acceptors (Lipinski definition) is 1. The lowest BCUT2D eigenvalue weighted by molar-refractivity contribution is -0.118. The van der Waals surface area contributed by atoms with E-state index < -0.39 is 0 Å². The number of hydrogen-bond donors (Lipinski definition) is 1. The number of halogens is 1. The zero-order chi connectivity index (χ0) is 9.56. The third-order valence-electron chi connectivity index (χ3n) is 1.23. The van der Waals surface area contributed by atoms with Crippen molar-refractivity contribution in [2.24, 2.45) is 0 Å². The molecular weight excluding hydrogens is 174 g/mol. The molecule has 0 rings (SSSR count). The van der Waals surface area contributed by atoms with Gasteiger partial charge in [-0.2, -0.15) is 0 Å². The number of amides is 1. The maximum atomic E-state index is 10.7. The largest absolute Gasteiger partial charge is 0.330 e. The average Bonchev–Trinajstić information content (AvgIpc) is 1.97. The van der Waals surface area contributed by atoms with Crippen LogP contribution in [0, 0.1) is 0 Å². The molecule has 0 unspecified atom stereocenters. The Morgan fingerprint density at radius 1 is 1.42 bits per heavy atom. The molecule has 0 saturated carbocycles. The highest BCUT2D eigenvalue weighted by molar-refractivity contribution is 6.29. The summed E-state index contributed by atoms with van der Waals surface area (Å²) in [5.74, 6) is -0.0521. The van der Waals surface area contributed by atoms with Gasteiger partial charge in [0.2, 0.25) is 5.91 Å². The molecule has 0 spiro atoms. The van der Waals surface area contributed by atoms with E-state index >= 15 is 0 Å². The molecule has 0 fully saturated rings. The summed E-state index contributed by atoms with van der Waals surface area (Å²) in [6, 6.07) is 0. The van der Waals surface area contributed by atoms with Gasteiger partial charge in [0.1, 0.15) is 0 Å². The summed E-state index contributed by atoms with van der Waals surface area (Å²) >= 11 is 5.62. The minimum Gasteiger partial charge on any atom is -0.330 e. The second-order valence-electron chi connectivity index (χ2n) is 2.48. The van der Waals surface area contributed by atoms with Crippen LogP contribution >= 0.6 is 11.6 Å². The second kappa shape index (κ2) is 5.84. The fraction of sp³-hybridized carbons (Fsp3) is 0.444. The van der Waals surface area contributed by atoms with Gasteiger partial charge in [-0.05, 0) is 25.5 Å². The highest BCUT2D eigenvalue weighted by atomic mass is 35.5. The SMILES string of the molecule is CC/C(=C\C=C(/C)Cl)NC(C)=O. The quantitative estimate of drug-likeness (QED) is 0.676. The van der Waals surface area contributed by atoms with Crippen molar-refractivity contribution in [3.8, 4) is 0 Å². The fourth-order valence-electron chi connectivity index (χ4n) is 0.689. The Morgan fingerprint density at radius 3 is 2.33 bits per heavy atom. The molecule has 68 valence electrons. The van der Waals surface area contributed by atoms with E-state index in [2.05, 4.69) is 5.32 Å². The molecule has 0 saturated heterocycles. The van der Waals surface area contributed by atoms with Crippen LogP contribution < -0.4 is 5.32 Å². The third-order valence-corrected chi connectivity index (χ3v) is 1.36. The first-order valence-corrected chi connectivity index (χ1v) is 4.24. The maximum Gasteiger partial charge on any atom is 0.220 e. The second-order valence-corrected chi connectivity index (χ2v) is 3.08. The van der Waals surface area contributed by atoms with E-state index in [1.54, 1.807) is 13.0 Å². The fourth-order valence-corrected chi connectivity index (χ4v) is 0.752. The molecule has 0 heterocycles. The number of carbonyl (C=O) groups excluding carboxylic acids is 1. The first-order chi connectivity index (χ1) is 5.56. The molecule has 0 bridgehead atoms. The molecule has 0 aliphatic rings. The van der Waals surface area contributed by atoms with E-state index in [0.29, 0.717) is 5.03 Å². The summed E-state index contributed by atoms with van der Waals surface area (Å²) < 4.78 is 0. The highest BCUT2D eigenvalue weighted by Crippen LogP contribution is 2.02. The smallest absolute Gasteiger partial charge is 0.220 e. The predicted octanol–water partition coefficient (Wildman–Crippen LogP) is 2.56. The van der Waals surface area contributed by atoms with Crippen LogP contribution in [-0.4, -0.2) is 5.91 Å². The predicted molar refractivity (Wildman–Crippen MR) is 51.8 cm³/mol. The van der Waals surface area contributed by atoms with E-state index in [-0.39, 0.29) is 5.91 Å². The maximum absolute atomic E-state index is 10.7. The summed E-state index contributed by atoms with van der Waals surface area (Å²) in [5.41, 5.74) is 0.877. The van der Waals surface area contributed by atoms with Crippen LogP contribution in [0.4, 0.5) is 0 Å². The molecule has 3 heteroatoms. The van der Waals surface area contributed by atoms with Crippen molar-refractivity contribution in [2.45, 2.75) is 27.2 Å². The first-order valence-electron chi connectivity index (χ1n) is 3.86. The van der Waals surface area contributed by atoms with E-state index in [1.165, 1.54) is 6.92 Å². The minimum atomic E-state index is -0.0521. The van der Waals surface area contributed by atoms with Gasteiger partial charge in [-0.1, -0.05) is 18.5 Å². The molecule has 1 N–H and O–H groups in total. The van der Waals surface area contributed by atoms with E-state index in [1.807, 2.05) is 13.0 Å².